The minimum Gasteiger partial charge on any atom is -0.319 e. The highest BCUT2D eigenvalue weighted by molar-refractivity contribution is 6.35. The molecule has 2 aliphatic rings. The van der Waals surface area contributed by atoms with Crippen molar-refractivity contribution in [2.45, 2.75) is 18.9 Å². The number of benzene rings is 2. The first-order valence-corrected chi connectivity index (χ1v) is 10.1. The van der Waals surface area contributed by atoms with Gasteiger partial charge in [-0.05, 0) is 24.6 Å². The minimum absolute atomic E-state index is 0.253. The molecule has 2 aromatic rings. The molecule has 2 aromatic carbocycles. The lowest BCUT2D eigenvalue weighted by atomic mass is 9.92. The van der Waals surface area contributed by atoms with E-state index < -0.39 is 29.9 Å². The van der Waals surface area contributed by atoms with Crippen LogP contribution in [0.4, 0.5) is 4.79 Å². The lowest BCUT2D eigenvalue weighted by Gasteiger charge is -2.23. The number of amides is 4. The van der Waals surface area contributed by atoms with Crippen LogP contribution in [0.1, 0.15) is 24.5 Å². The zero-order valence-electron chi connectivity index (χ0n) is 16.1. The van der Waals surface area contributed by atoms with E-state index in [-0.39, 0.29) is 5.02 Å². The molecule has 0 spiro atoms. The van der Waals surface area contributed by atoms with Gasteiger partial charge in [0.15, 0.2) is 0 Å². The van der Waals surface area contributed by atoms with Crippen LogP contribution in [0.15, 0.2) is 53.6 Å². The second-order valence-corrected chi connectivity index (χ2v) is 8.09. The number of halogens is 2. The number of nitrogens with zero attached hydrogens (tertiary/aromatic N) is 3. The molecule has 0 saturated carbocycles. The van der Waals surface area contributed by atoms with E-state index in [9.17, 15) is 14.4 Å². The summed E-state index contributed by atoms with van der Waals surface area (Å²) in [5.74, 6) is -0.993. The summed E-state index contributed by atoms with van der Waals surface area (Å²) in [4.78, 5) is 39.2. The molecule has 154 valence electrons. The Morgan fingerprint density at radius 1 is 1.17 bits per heavy atom. The average molecular weight is 445 g/mol. The molecule has 1 fully saturated rings. The Morgan fingerprint density at radius 2 is 1.90 bits per heavy atom. The largest absolute Gasteiger partial charge is 0.325 e. The maximum atomic E-state index is 13.1. The normalized spacial score (nSPS) is 21.1. The van der Waals surface area contributed by atoms with E-state index >= 15 is 0 Å². The van der Waals surface area contributed by atoms with Crippen molar-refractivity contribution in [3.8, 4) is 0 Å². The van der Waals surface area contributed by atoms with Gasteiger partial charge >= 0.3 is 6.03 Å². The highest BCUT2D eigenvalue weighted by Gasteiger charge is 2.50. The van der Waals surface area contributed by atoms with E-state index in [2.05, 4.69) is 10.4 Å². The molecule has 9 heteroatoms. The van der Waals surface area contributed by atoms with Crippen LogP contribution < -0.4 is 5.32 Å². The van der Waals surface area contributed by atoms with Crippen LogP contribution in [-0.4, -0.2) is 46.6 Å². The van der Waals surface area contributed by atoms with Crippen LogP contribution >= 0.6 is 23.2 Å². The van der Waals surface area contributed by atoms with Crippen molar-refractivity contribution >= 4 is 46.8 Å². The van der Waals surface area contributed by atoms with Gasteiger partial charge in [-0.2, -0.15) is 5.10 Å². The van der Waals surface area contributed by atoms with Gasteiger partial charge in [0.05, 0.1) is 12.3 Å². The number of hydrazone groups is 1. The molecule has 30 heavy (non-hydrogen) atoms. The molecule has 4 rings (SSSR count). The molecule has 0 aromatic heterocycles. The summed E-state index contributed by atoms with van der Waals surface area (Å²) < 4.78 is 0. The third-order valence-electron chi connectivity index (χ3n) is 5.23. The molecule has 4 amide bonds. The topological polar surface area (TPSA) is 82.1 Å². The highest BCUT2D eigenvalue weighted by Crippen LogP contribution is 2.35. The Hall–Kier alpha value is -2.90. The van der Waals surface area contributed by atoms with Crippen molar-refractivity contribution in [3.05, 3.63) is 69.7 Å². The number of carbonyl (C=O) groups is 3. The average Bonchev–Trinajstić information content (AvgIpc) is 3.29. The molecular weight excluding hydrogens is 427 g/mol. The van der Waals surface area contributed by atoms with E-state index in [1.54, 1.807) is 19.1 Å². The summed E-state index contributed by atoms with van der Waals surface area (Å²) >= 11 is 12.2. The standard InChI is InChI=1S/C21H18Cl2N4O3/c1-21(15-8-7-14(22)11-16(15)23)19(29)26(20(30)24-21)12-18(28)27-10-9-17(25-27)13-5-3-2-4-6-13/h2-8,11H,9-10,12H2,1H3,(H,24,30). The Bertz CT molecular complexity index is 1070. The zero-order chi connectivity index (χ0) is 21.5. The van der Waals surface area contributed by atoms with Gasteiger partial charge < -0.3 is 5.32 Å². The Balaban J connectivity index is 1.51. The second kappa shape index (κ2) is 7.74. The summed E-state index contributed by atoms with van der Waals surface area (Å²) in [7, 11) is 0. The Morgan fingerprint density at radius 3 is 2.60 bits per heavy atom. The van der Waals surface area contributed by atoms with Gasteiger partial charge in [0.1, 0.15) is 12.1 Å². The molecule has 0 bridgehead atoms. The number of hydrogen-bond donors (Lipinski definition) is 1. The fraction of sp³-hybridized carbons (Fsp3) is 0.238. The molecule has 1 unspecified atom stereocenters. The molecule has 1 N–H and O–H groups in total. The first-order chi connectivity index (χ1) is 14.3. The molecular formula is C21H18Cl2N4O3. The fourth-order valence-corrected chi connectivity index (χ4v) is 4.20. The van der Waals surface area contributed by atoms with Crippen LogP contribution in [0.25, 0.3) is 0 Å². The lowest BCUT2D eigenvalue weighted by molar-refractivity contribution is -0.138. The maximum absolute atomic E-state index is 13.1. The first kappa shape index (κ1) is 20.4. The summed E-state index contributed by atoms with van der Waals surface area (Å²) in [6.07, 6.45) is 0.605. The predicted molar refractivity (Wildman–Crippen MR) is 113 cm³/mol. The van der Waals surface area contributed by atoms with Crippen LogP contribution in [-0.2, 0) is 15.1 Å². The number of urea groups is 1. The van der Waals surface area contributed by atoms with Crippen LogP contribution in [0, 0.1) is 0 Å². The van der Waals surface area contributed by atoms with Crippen LogP contribution in [0.5, 0.6) is 0 Å². The van der Waals surface area contributed by atoms with Gasteiger partial charge in [-0.1, -0.05) is 59.6 Å². The molecule has 7 nitrogen and oxygen atoms in total. The third kappa shape index (κ3) is 3.55. The summed E-state index contributed by atoms with van der Waals surface area (Å²) in [6.45, 7) is 1.54. The van der Waals surface area contributed by atoms with E-state index in [4.69, 9.17) is 23.2 Å². The molecule has 2 aliphatic heterocycles. The summed E-state index contributed by atoms with van der Waals surface area (Å²) in [6, 6.07) is 13.6. The third-order valence-corrected chi connectivity index (χ3v) is 5.78. The molecule has 1 saturated heterocycles. The second-order valence-electron chi connectivity index (χ2n) is 7.25. The minimum atomic E-state index is -1.39. The van der Waals surface area contributed by atoms with Gasteiger partial charge in [-0.15, -0.1) is 0 Å². The zero-order valence-corrected chi connectivity index (χ0v) is 17.6. The SMILES string of the molecule is CC1(c2ccc(Cl)cc2Cl)NC(=O)N(CC(=O)N2CCC(c3ccccc3)=N2)C1=O. The summed E-state index contributed by atoms with van der Waals surface area (Å²) in [5, 5.41) is 8.97. The monoisotopic (exact) mass is 444 g/mol. The number of hydrogen-bond acceptors (Lipinski definition) is 4. The van der Waals surface area contributed by atoms with Gasteiger partial charge in [0.2, 0.25) is 0 Å². The Labute approximate surface area is 183 Å². The van der Waals surface area contributed by atoms with Gasteiger partial charge in [0.25, 0.3) is 11.8 Å². The summed E-state index contributed by atoms with van der Waals surface area (Å²) in [5.41, 5.74) is 0.752. The smallest absolute Gasteiger partial charge is 0.319 e. The fourth-order valence-electron chi connectivity index (χ4n) is 3.61. The molecule has 2 heterocycles. The van der Waals surface area contributed by atoms with Gasteiger partial charge in [-0.3, -0.25) is 14.5 Å². The van der Waals surface area contributed by atoms with Crippen molar-refractivity contribution in [2.75, 3.05) is 13.1 Å². The Kier molecular flexibility index (Phi) is 5.26. The van der Waals surface area contributed by atoms with Crippen molar-refractivity contribution in [1.82, 2.24) is 15.2 Å². The lowest BCUT2D eigenvalue weighted by Crippen LogP contribution is -2.43. The van der Waals surface area contributed by atoms with Crippen LogP contribution in [0.3, 0.4) is 0 Å². The quantitative estimate of drug-likeness (QED) is 0.733. The van der Waals surface area contributed by atoms with Gasteiger partial charge in [0, 0.05) is 22.0 Å². The highest BCUT2D eigenvalue weighted by atomic mass is 35.5. The van der Waals surface area contributed by atoms with Crippen molar-refractivity contribution in [1.29, 1.82) is 0 Å². The maximum Gasteiger partial charge on any atom is 0.325 e. The number of rotatable bonds is 4. The van der Waals surface area contributed by atoms with E-state index in [0.29, 0.717) is 23.6 Å². The first-order valence-electron chi connectivity index (χ1n) is 9.32. The van der Waals surface area contributed by atoms with E-state index in [1.807, 2.05) is 30.3 Å². The predicted octanol–water partition coefficient (Wildman–Crippen LogP) is 3.40. The van der Waals surface area contributed by atoms with E-state index in [0.717, 1.165) is 16.2 Å². The molecule has 0 radical (unpaired) electrons. The molecule has 0 aliphatic carbocycles. The van der Waals surface area contributed by atoms with Gasteiger partial charge in [-0.25, -0.2) is 9.80 Å². The van der Waals surface area contributed by atoms with E-state index in [1.165, 1.54) is 11.1 Å². The van der Waals surface area contributed by atoms with Crippen molar-refractivity contribution in [2.24, 2.45) is 5.10 Å². The number of imide groups is 1. The van der Waals surface area contributed by atoms with Crippen LogP contribution in [0.2, 0.25) is 10.0 Å². The molecule has 1 atom stereocenters. The number of carbonyl (C=O) groups excluding carboxylic acids is 3. The van der Waals surface area contributed by atoms with Crippen molar-refractivity contribution < 1.29 is 14.4 Å². The number of nitrogens with one attached hydrogen (secondary N) is 1. The van der Waals surface area contributed by atoms with Crippen molar-refractivity contribution in [3.63, 3.8) is 0 Å².